The Morgan fingerprint density at radius 3 is 2.71 bits per heavy atom. The molecule has 0 bridgehead atoms. The number of fused-ring (bicyclic) bond motifs is 1. The smallest absolute Gasteiger partial charge is 0.400 e. The number of aromatic carboxylic acids is 1. The molecule has 21 heavy (non-hydrogen) atoms. The van der Waals surface area contributed by atoms with E-state index >= 15 is 0 Å². The second-order valence-corrected chi connectivity index (χ2v) is 4.14. The first kappa shape index (κ1) is 13.0. The molecule has 1 N–H and O–H groups in total. The van der Waals surface area contributed by atoms with Gasteiger partial charge < -0.3 is 14.3 Å². The number of aromatic nitrogens is 1. The lowest BCUT2D eigenvalue weighted by Crippen LogP contribution is -1.94. The molecule has 0 radical (unpaired) electrons. The van der Waals surface area contributed by atoms with Gasteiger partial charge in [0.25, 0.3) is 0 Å². The second kappa shape index (κ2) is 4.86. The summed E-state index contributed by atoms with van der Waals surface area (Å²) in [4.78, 5) is 14.8. The molecule has 0 amide bonds. The summed E-state index contributed by atoms with van der Waals surface area (Å²) in [6, 6.07) is 6.87. The predicted octanol–water partition coefficient (Wildman–Crippen LogP) is 3.60. The monoisotopic (exact) mass is 291 g/mol. The molecule has 0 spiro atoms. The Morgan fingerprint density at radius 1 is 1.19 bits per heavy atom. The number of benzene rings is 2. The molecule has 1 heterocycles. The van der Waals surface area contributed by atoms with Crippen LogP contribution in [0.4, 0.5) is 8.78 Å². The summed E-state index contributed by atoms with van der Waals surface area (Å²) in [5.41, 5.74) is 0.572. The Labute approximate surface area is 116 Å². The summed E-state index contributed by atoms with van der Waals surface area (Å²) in [7, 11) is 0. The van der Waals surface area contributed by atoms with E-state index in [1.165, 1.54) is 18.2 Å². The van der Waals surface area contributed by atoms with Crippen LogP contribution in [0.3, 0.4) is 0 Å². The molecule has 2 aromatic carbocycles. The number of carboxylic acids is 1. The molecule has 0 atom stereocenters. The zero-order valence-electron chi connectivity index (χ0n) is 10.3. The maximum atomic E-state index is 13.4. The van der Waals surface area contributed by atoms with Gasteiger partial charge in [-0.15, -0.1) is 0 Å². The van der Waals surface area contributed by atoms with Crippen LogP contribution in [0, 0.1) is 11.6 Å². The molecule has 106 valence electrons. The Bertz CT molecular complexity index is 844. The summed E-state index contributed by atoms with van der Waals surface area (Å²) >= 11 is 0. The molecule has 0 unspecified atom stereocenters. The maximum absolute atomic E-state index is 13.4. The van der Waals surface area contributed by atoms with Gasteiger partial charge >= 0.3 is 12.0 Å². The third-order valence-corrected chi connectivity index (χ3v) is 2.71. The minimum Gasteiger partial charge on any atom is -0.478 e. The maximum Gasteiger partial charge on any atom is 0.400 e. The van der Waals surface area contributed by atoms with E-state index in [4.69, 9.17) is 14.3 Å². The lowest BCUT2D eigenvalue weighted by molar-refractivity contribution is 0.0697. The van der Waals surface area contributed by atoms with Gasteiger partial charge in [0.2, 0.25) is 0 Å². The van der Waals surface area contributed by atoms with Crippen LogP contribution in [-0.4, -0.2) is 16.1 Å². The first-order chi connectivity index (χ1) is 10.0. The van der Waals surface area contributed by atoms with Gasteiger partial charge in [-0.25, -0.2) is 13.6 Å². The number of halogens is 2. The summed E-state index contributed by atoms with van der Waals surface area (Å²) in [5, 5.41) is 8.87. The number of nitrogens with zero attached hydrogens (tertiary/aromatic N) is 1. The van der Waals surface area contributed by atoms with E-state index in [9.17, 15) is 13.6 Å². The molecule has 0 aliphatic rings. The molecule has 0 aliphatic heterocycles. The number of carbonyl (C=O) groups is 1. The van der Waals surface area contributed by atoms with E-state index in [0.717, 1.165) is 12.1 Å². The summed E-state index contributed by atoms with van der Waals surface area (Å²) in [6.07, 6.45) is -0.266. The normalized spacial score (nSPS) is 10.8. The molecular formula is C14H7F2NO4. The number of ether oxygens (including phenoxy) is 1. The molecule has 3 rings (SSSR count). The number of carboxylic acid groups (broad SMARTS) is 1. The van der Waals surface area contributed by atoms with E-state index in [1.807, 2.05) is 0 Å². The summed E-state index contributed by atoms with van der Waals surface area (Å²) in [6.45, 7) is 0. The summed E-state index contributed by atoms with van der Waals surface area (Å²) in [5.74, 6) is -2.99. The molecule has 1 aromatic heterocycles. The van der Waals surface area contributed by atoms with Gasteiger partial charge in [-0.1, -0.05) is 0 Å². The van der Waals surface area contributed by atoms with Gasteiger partial charge in [0.05, 0.1) is 5.56 Å². The minimum absolute atomic E-state index is 0.0261. The van der Waals surface area contributed by atoms with Crippen molar-refractivity contribution in [1.29, 1.82) is 0 Å². The standard InChI is InChI=1S/C14H7F2NO4/c15-8-2-4-11(9(16)6-8)20-14-17-10-3-1-7(13(18)19)5-12(10)21-14/h1-6H,(H,18,19). The second-order valence-electron chi connectivity index (χ2n) is 4.14. The predicted molar refractivity (Wildman–Crippen MR) is 67.4 cm³/mol. The van der Waals surface area contributed by atoms with Crippen molar-refractivity contribution >= 4 is 17.1 Å². The quantitative estimate of drug-likeness (QED) is 0.798. The lowest BCUT2D eigenvalue weighted by atomic mass is 10.2. The van der Waals surface area contributed by atoms with Crippen molar-refractivity contribution in [2.24, 2.45) is 0 Å². The van der Waals surface area contributed by atoms with Gasteiger partial charge in [-0.05, 0) is 30.3 Å². The van der Waals surface area contributed by atoms with Crippen molar-refractivity contribution in [2.75, 3.05) is 0 Å². The van der Waals surface area contributed by atoms with Crippen molar-refractivity contribution < 1.29 is 27.8 Å². The fraction of sp³-hybridized carbons (Fsp3) is 0. The average Bonchev–Trinajstić information content (AvgIpc) is 2.83. The molecule has 0 saturated carbocycles. The minimum atomic E-state index is -1.11. The van der Waals surface area contributed by atoms with Gasteiger partial charge in [0.1, 0.15) is 11.3 Å². The zero-order chi connectivity index (χ0) is 15.0. The van der Waals surface area contributed by atoms with E-state index in [2.05, 4.69) is 4.98 Å². The van der Waals surface area contributed by atoms with Gasteiger partial charge in [-0.3, -0.25) is 0 Å². The van der Waals surface area contributed by atoms with Crippen LogP contribution in [0.2, 0.25) is 0 Å². The van der Waals surface area contributed by atoms with E-state index in [1.54, 1.807) is 0 Å². The van der Waals surface area contributed by atoms with Crippen molar-refractivity contribution in [3.8, 4) is 11.8 Å². The van der Waals surface area contributed by atoms with E-state index < -0.39 is 17.6 Å². The Balaban J connectivity index is 1.95. The highest BCUT2D eigenvalue weighted by Crippen LogP contribution is 2.28. The van der Waals surface area contributed by atoms with Crippen molar-refractivity contribution in [3.05, 3.63) is 53.6 Å². The van der Waals surface area contributed by atoms with Crippen LogP contribution in [0.5, 0.6) is 11.8 Å². The average molecular weight is 291 g/mol. The van der Waals surface area contributed by atoms with Gasteiger partial charge in [0, 0.05) is 6.07 Å². The van der Waals surface area contributed by atoms with Gasteiger partial charge in [-0.2, -0.15) is 4.98 Å². The fourth-order valence-corrected chi connectivity index (χ4v) is 1.73. The van der Waals surface area contributed by atoms with Crippen LogP contribution < -0.4 is 4.74 Å². The first-order valence-corrected chi connectivity index (χ1v) is 5.80. The van der Waals surface area contributed by atoms with E-state index in [-0.39, 0.29) is 23.0 Å². The molecule has 3 aromatic rings. The van der Waals surface area contributed by atoms with Crippen LogP contribution >= 0.6 is 0 Å². The SMILES string of the molecule is O=C(O)c1ccc2nc(Oc3ccc(F)cc3F)oc2c1. The van der Waals surface area contributed by atoms with Gasteiger partial charge in [0.15, 0.2) is 17.1 Å². The highest BCUT2D eigenvalue weighted by molar-refractivity contribution is 5.91. The van der Waals surface area contributed by atoms with E-state index in [0.29, 0.717) is 11.6 Å². The number of hydrogen-bond acceptors (Lipinski definition) is 4. The number of oxazole rings is 1. The molecule has 5 nitrogen and oxygen atoms in total. The van der Waals surface area contributed by atoms with Crippen LogP contribution in [0.15, 0.2) is 40.8 Å². The lowest BCUT2D eigenvalue weighted by Gasteiger charge is -2.01. The molecule has 7 heteroatoms. The largest absolute Gasteiger partial charge is 0.478 e. The molecular weight excluding hydrogens is 284 g/mol. The Kier molecular flexibility index (Phi) is 3.02. The molecule has 0 aliphatic carbocycles. The third-order valence-electron chi connectivity index (χ3n) is 2.71. The molecule has 0 fully saturated rings. The number of rotatable bonds is 3. The van der Waals surface area contributed by atoms with Crippen LogP contribution in [0.25, 0.3) is 11.1 Å². The summed E-state index contributed by atoms with van der Waals surface area (Å²) < 4.78 is 36.5. The van der Waals surface area contributed by atoms with Crippen molar-refractivity contribution in [1.82, 2.24) is 4.98 Å². The Hall–Kier alpha value is -2.96. The van der Waals surface area contributed by atoms with Crippen molar-refractivity contribution in [2.45, 2.75) is 0 Å². The zero-order valence-corrected chi connectivity index (χ0v) is 10.3. The highest BCUT2D eigenvalue weighted by Gasteiger charge is 2.13. The highest BCUT2D eigenvalue weighted by atomic mass is 19.1. The Morgan fingerprint density at radius 2 is 2.00 bits per heavy atom. The third kappa shape index (κ3) is 2.53. The number of hydrogen-bond donors (Lipinski definition) is 1. The first-order valence-electron chi connectivity index (χ1n) is 5.80. The topological polar surface area (TPSA) is 72.6 Å². The molecule has 0 saturated heterocycles. The van der Waals surface area contributed by atoms with Crippen LogP contribution in [0.1, 0.15) is 10.4 Å². The van der Waals surface area contributed by atoms with Crippen LogP contribution in [-0.2, 0) is 0 Å². The van der Waals surface area contributed by atoms with Crippen molar-refractivity contribution in [3.63, 3.8) is 0 Å². The fourth-order valence-electron chi connectivity index (χ4n) is 1.73.